The third kappa shape index (κ3) is 4.32. The summed E-state index contributed by atoms with van der Waals surface area (Å²) in [5, 5.41) is 5.43. The van der Waals surface area contributed by atoms with Crippen LogP contribution in [0.2, 0.25) is 0 Å². The van der Waals surface area contributed by atoms with E-state index in [1.165, 1.54) is 4.88 Å². The van der Waals surface area contributed by atoms with Gasteiger partial charge in [-0.2, -0.15) is 0 Å². The molecule has 0 bridgehead atoms. The Labute approximate surface area is 120 Å². The summed E-state index contributed by atoms with van der Waals surface area (Å²) < 4.78 is 0. The molecule has 0 saturated carbocycles. The van der Waals surface area contributed by atoms with E-state index in [2.05, 4.69) is 36.7 Å². The van der Waals surface area contributed by atoms with Crippen LogP contribution in [0.3, 0.4) is 0 Å². The minimum Gasteiger partial charge on any atom is -0.335 e. The van der Waals surface area contributed by atoms with Gasteiger partial charge < -0.3 is 10.2 Å². The van der Waals surface area contributed by atoms with Crippen molar-refractivity contribution in [3.63, 3.8) is 0 Å². The molecule has 1 fully saturated rings. The van der Waals surface area contributed by atoms with Gasteiger partial charge in [0.1, 0.15) is 0 Å². The zero-order chi connectivity index (χ0) is 13.7. The number of carbonyl (C=O) groups is 1. The largest absolute Gasteiger partial charge is 0.335 e. The van der Waals surface area contributed by atoms with Gasteiger partial charge in [0.2, 0.25) is 5.91 Å². The molecule has 19 heavy (non-hydrogen) atoms. The van der Waals surface area contributed by atoms with Gasteiger partial charge in [0, 0.05) is 17.3 Å². The van der Waals surface area contributed by atoms with Crippen molar-refractivity contribution < 1.29 is 4.79 Å². The van der Waals surface area contributed by atoms with Crippen molar-refractivity contribution in [1.82, 2.24) is 10.2 Å². The second-order valence-electron chi connectivity index (χ2n) is 5.59. The molecular weight excluding hydrogens is 256 g/mol. The molecule has 0 aliphatic carbocycles. The SMILES string of the molecule is CC(C)N(Cc1cccs1)C(=O)CC1CCNCC1. The number of hydrogen-bond donors (Lipinski definition) is 1. The van der Waals surface area contributed by atoms with Gasteiger partial charge in [-0.15, -0.1) is 11.3 Å². The summed E-state index contributed by atoms with van der Waals surface area (Å²) in [6.45, 7) is 7.09. The lowest BCUT2D eigenvalue weighted by atomic mass is 9.94. The number of amides is 1. The lowest BCUT2D eigenvalue weighted by Gasteiger charge is -2.29. The highest BCUT2D eigenvalue weighted by Crippen LogP contribution is 2.20. The summed E-state index contributed by atoms with van der Waals surface area (Å²) >= 11 is 1.73. The van der Waals surface area contributed by atoms with Crippen LogP contribution < -0.4 is 5.32 Å². The van der Waals surface area contributed by atoms with Gasteiger partial charge in [0.15, 0.2) is 0 Å². The first-order valence-corrected chi connectivity index (χ1v) is 8.07. The molecule has 0 unspecified atom stereocenters. The fourth-order valence-electron chi connectivity index (χ4n) is 2.58. The Balaban J connectivity index is 1.92. The van der Waals surface area contributed by atoms with Crippen LogP contribution in [0.15, 0.2) is 17.5 Å². The Morgan fingerprint density at radius 2 is 2.21 bits per heavy atom. The molecule has 1 aliphatic rings. The van der Waals surface area contributed by atoms with Crippen molar-refractivity contribution in [2.75, 3.05) is 13.1 Å². The van der Waals surface area contributed by atoms with Crippen LogP contribution in [0.25, 0.3) is 0 Å². The van der Waals surface area contributed by atoms with Gasteiger partial charge in [-0.05, 0) is 57.1 Å². The van der Waals surface area contributed by atoms with Crippen molar-refractivity contribution in [2.45, 2.75) is 45.7 Å². The molecule has 1 aromatic rings. The molecule has 0 aromatic carbocycles. The Morgan fingerprint density at radius 3 is 2.79 bits per heavy atom. The molecule has 1 aliphatic heterocycles. The van der Waals surface area contributed by atoms with E-state index in [4.69, 9.17) is 0 Å². The minimum absolute atomic E-state index is 0.274. The number of carbonyl (C=O) groups excluding carboxylic acids is 1. The van der Waals surface area contributed by atoms with Crippen molar-refractivity contribution >= 4 is 17.2 Å². The Hall–Kier alpha value is -0.870. The Bertz CT molecular complexity index is 383. The molecule has 1 amide bonds. The van der Waals surface area contributed by atoms with Crippen molar-refractivity contribution in [2.24, 2.45) is 5.92 Å². The van der Waals surface area contributed by atoms with E-state index in [9.17, 15) is 4.79 Å². The van der Waals surface area contributed by atoms with Gasteiger partial charge in [-0.1, -0.05) is 6.07 Å². The average molecular weight is 280 g/mol. The number of nitrogens with zero attached hydrogens (tertiary/aromatic N) is 1. The maximum atomic E-state index is 12.5. The third-order valence-electron chi connectivity index (χ3n) is 3.77. The molecule has 2 heterocycles. The Kier molecular flexibility index (Phi) is 5.40. The molecule has 1 N–H and O–H groups in total. The highest BCUT2D eigenvalue weighted by molar-refractivity contribution is 7.09. The van der Waals surface area contributed by atoms with Gasteiger partial charge in [-0.3, -0.25) is 4.79 Å². The summed E-state index contributed by atoms with van der Waals surface area (Å²) in [4.78, 5) is 15.8. The summed E-state index contributed by atoms with van der Waals surface area (Å²) in [7, 11) is 0. The lowest BCUT2D eigenvalue weighted by Crippen LogP contribution is -2.38. The maximum absolute atomic E-state index is 12.5. The normalized spacial score (nSPS) is 16.8. The van der Waals surface area contributed by atoms with E-state index in [0.717, 1.165) is 32.5 Å². The second-order valence-corrected chi connectivity index (χ2v) is 6.62. The number of rotatable bonds is 5. The minimum atomic E-state index is 0.274. The number of thiophene rings is 1. The number of hydrogen-bond acceptors (Lipinski definition) is 3. The molecule has 1 aromatic heterocycles. The maximum Gasteiger partial charge on any atom is 0.223 e. The average Bonchev–Trinajstić information content (AvgIpc) is 2.89. The van der Waals surface area contributed by atoms with Gasteiger partial charge in [0.25, 0.3) is 0 Å². The first-order chi connectivity index (χ1) is 9.16. The van der Waals surface area contributed by atoms with E-state index in [0.29, 0.717) is 18.2 Å². The molecule has 106 valence electrons. The van der Waals surface area contributed by atoms with Crippen LogP contribution in [-0.4, -0.2) is 29.9 Å². The van der Waals surface area contributed by atoms with Crippen molar-refractivity contribution in [1.29, 1.82) is 0 Å². The highest BCUT2D eigenvalue weighted by Gasteiger charge is 2.22. The fourth-order valence-corrected chi connectivity index (χ4v) is 3.28. The molecule has 4 heteroatoms. The molecule has 0 spiro atoms. The third-order valence-corrected chi connectivity index (χ3v) is 4.63. The quantitative estimate of drug-likeness (QED) is 0.899. The number of nitrogens with one attached hydrogen (secondary N) is 1. The van der Waals surface area contributed by atoms with Gasteiger partial charge in [-0.25, -0.2) is 0 Å². The summed E-state index contributed by atoms with van der Waals surface area (Å²) in [5.41, 5.74) is 0. The van der Waals surface area contributed by atoms with Crippen LogP contribution >= 0.6 is 11.3 Å². The summed E-state index contributed by atoms with van der Waals surface area (Å²) in [5.74, 6) is 0.883. The van der Waals surface area contributed by atoms with Crippen molar-refractivity contribution in [3.8, 4) is 0 Å². The van der Waals surface area contributed by atoms with Crippen LogP contribution in [0.4, 0.5) is 0 Å². The lowest BCUT2D eigenvalue weighted by molar-refractivity contribution is -0.134. The predicted molar refractivity (Wildman–Crippen MR) is 80.2 cm³/mol. The summed E-state index contributed by atoms with van der Waals surface area (Å²) in [6.07, 6.45) is 2.98. The van der Waals surface area contributed by atoms with E-state index < -0.39 is 0 Å². The fraction of sp³-hybridized carbons (Fsp3) is 0.667. The van der Waals surface area contributed by atoms with Crippen LogP contribution in [0.5, 0.6) is 0 Å². The molecule has 3 nitrogen and oxygen atoms in total. The van der Waals surface area contributed by atoms with E-state index >= 15 is 0 Å². The monoisotopic (exact) mass is 280 g/mol. The molecule has 0 radical (unpaired) electrons. The smallest absolute Gasteiger partial charge is 0.223 e. The zero-order valence-electron chi connectivity index (χ0n) is 11.9. The van der Waals surface area contributed by atoms with E-state index in [-0.39, 0.29) is 6.04 Å². The Morgan fingerprint density at radius 1 is 1.47 bits per heavy atom. The number of piperidine rings is 1. The molecule has 0 atom stereocenters. The predicted octanol–water partition coefficient (Wildman–Crippen LogP) is 2.87. The first-order valence-electron chi connectivity index (χ1n) is 7.19. The highest BCUT2D eigenvalue weighted by atomic mass is 32.1. The van der Waals surface area contributed by atoms with Crippen LogP contribution in [0.1, 0.15) is 38.0 Å². The second kappa shape index (κ2) is 7.06. The zero-order valence-corrected chi connectivity index (χ0v) is 12.7. The van der Waals surface area contributed by atoms with Crippen LogP contribution in [-0.2, 0) is 11.3 Å². The summed E-state index contributed by atoms with van der Waals surface area (Å²) in [6, 6.07) is 4.43. The van der Waals surface area contributed by atoms with Gasteiger partial charge >= 0.3 is 0 Å². The van der Waals surface area contributed by atoms with E-state index in [1.807, 2.05) is 4.90 Å². The van der Waals surface area contributed by atoms with E-state index in [1.54, 1.807) is 11.3 Å². The van der Waals surface area contributed by atoms with Crippen LogP contribution in [0, 0.1) is 5.92 Å². The standard InChI is InChI=1S/C15H24N2OS/c1-12(2)17(11-14-4-3-9-19-14)15(18)10-13-5-7-16-8-6-13/h3-4,9,12-13,16H,5-8,10-11H2,1-2H3. The molecule has 2 rings (SSSR count). The molecular formula is C15H24N2OS. The topological polar surface area (TPSA) is 32.3 Å². The molecule has 1 saturated heterocycles. The first kappa shape index (κ1) is 14.5. The van der Waals surface area contributed by atoms with Gasteiger partial charge in [0.05, 0.1) is 6.54 Å². The van der Waals surface area contributed by atoms with Crippen molar-refractivity contribution in [3.05, 3.63) is 22.4 Å².